The van der Waals surface area contributed by atoms with Gasteiger partial charge in [-0.2, -0.15) is 0 Å². The van der Waals surface area contributed by atoms with Crippen molar-refractivity contribution in [1.29, 1.82) is 0 Å². The molecule has 0 aliphatic heterocycles. The molecule has 0 heterocycles. The molecule has 0 radical (unpaired) electrons. The van der Waals surface area contributed by atoms with E-state index >= 15 is 0 Å². The molecule has 1 aromatic rings. The predicted octanol–water partition coefficient (Wildman–Crippen LogP) is 0.828. The van der Waals surface area contributed by atoms with E-state index in [0.29, 0.717) is 30.5 Å². The van der Waals surface area contributed by atoms with Crippen LogP contribution in [0.4, 0.5) is 0 Å². The van der Waals surface area contributed by atoms with Crippen LogP contribution in [-0.2, 0) is 16.6 Å². The van der Waals surface area contributed by atoms with E-state index in [1.165, 1.54) is 6.42 Å². The minimum absolute atomic E-state index is 0.0354. The van der Waals surface area contributed by atoms with Crippen molar-refractivity contribution in [2.24, 2.45) is 16.6 Å². The molecule has 8 nitrogen and oxygen atoms in total. The Labute approximate surface area is 155 Å². The molecule has 9 heteroatoms. The van der Waals surface area contributed by atoms with Gasteiger partial charge in [-0.05, 0) is 36.5 Å². The molecule has 2 rings (SSSR count). The fourth-order valence-corrected chi connectivity index (χ4v) is 3.54. The molecule has 146 valence electrons. The first-order valence-electron chi connectivity index (χ1n) is 8.65. The van der Waals surface area contributed by atoms with Crippen LogP contribution in [0, 0.1) is 5.92 Å². The molecule has 0 amide bonds. The maximum Gasteiger partial charge on any atom is 0.213 e. The second kappa shape index (κ2) is 9.63. The van der Waals surface area contributed by atoms with Crippen LogP contribution >= 0.6 is 0 Å². The number of hydrogen-bond acceptors (Lipinski definition) is 5. The first-order chi connectivity index (χ1) is 12.4. The maximum absolute atomic E-state index is 11.9. The molecule has 1 fully saturated rings. The summed E-state index contributed by atoms with van der Waals surface area (Å²) in [4.78, 5) is 4.21. The number of sulfonamides is 1. The Hall–Kier alpha value is -2.00. The standard InChI is InChI=1S/C17H28N4O4S/c1-24-15-7-6-14(10-16(15)25-2)11-20-17(18)19-8-9-26(22,23)21-12-13-4-3-5-13/h6-7,10,13,21H,3-5,8-9,11-12H2,1-2H3,(H3,18,19,20). The molecule has 0 spiro atoms. The van der Waals surface area contributed by atoms with Crippen LogP contribution in [0.15, 0.2) is 23.2 Å². The Morgan fingerprint density at radius 3 is 2.62 bits per heavy atom. The van der Waals surface area contributed by atoms with Gasteiger partial charge >= 0.3 is 0 Å². The zero-order chi connectivity index (χ0) is 19.0. The van der Waals surface area contributed by atoms with Crippen LogP contribution < -0.4 is 25.2 Å². The number of aliphatic imine (C=N–C) groups is 1. The normalized spacial score (nSPS) is 15.4. The third-order valence-corrected chi connectivity index (χ3v) is 5.72. The van der Waals surface area contributed by atoms with Crippen LogP contribution in [0.5, 0.6) is 11.5 Å². The highest BCUT2D eigenvalue weighted by Gasteiger charge is 2.19. The van der Waals surface area contributed by atoms with Gasteiger partial charge in [0.15, 0.2) is 17.5 Å². The summed E-state index contributed by atoms with van der Waals surface area (Å²) < 4.78 is 36.9. The molecular weight excluding hydrogens is 356 g/mol. The van der Waals surface area contributed by atoms with E-state index in [4.69, 9.17) is 15.2 Å². The van der Waals surface area contributed by atoms with E-state index in [2.05, 4.69) is 15.0 Å². The minimum Gasteiger partial charge on any atom is -0.493 e. The summed E-state index contributed by atoms with van der Waals surface area (Å²) in [5.41, 5.74) is 6.70. The molecule has 1 saturated carbocycles. The number of guanidine groups is 1. The summed E-state index contributed by atoms with van der Waals surface area (Å²) in [6, 6.07) is 5.49. The highest BCUT2D eigenvalue weighted by Crippen LogP contribution is 2.27. The lowest BCUT2D eigenvalue weighted by Gasteiger charge is -2.25. The molecule has 26 heavy (non-hydrogen) atoms. The molecule has 0 aromatic heterocycles. The van der Waals surface area contributed by atoms with Gasteiger partial charge in [-0.25, -0.2) is 18.1 Å². The van der Waals surface area contributed by atoms with Gasteiger partial charge < -0.3 is 20.5 Å². The van der Waals surface area contributed by atoms with Crippen molar-refractivity contribution in [3.63, 3.8) is 0 Å². The highest BCUT2D eigenvalue weighted by molar-refractivity contribution is 7.89. The Bertz CT molecular complexity index is 717. The monoisotopic (exact) mass is 384 g/mol. The Kier molecular flexibility index (Phi) is 7.52. The lowest BCUT2D eigenvalue weighted by Crippen LogP contribution is -2.39. The molecule has 1 aliphatic carbocycles. The van der Waals surface area contributed by atoms with Crippen LogP contribution in [0.25, 0.3) is 0 Å². The van der Waals surface area contributed by atoms with Crippen molar-refractivity contribution >= 4 is 16.0 Å². The number of ether oxygens (including phenoxy) is 2. The molecular formula is C17H28N4O4S. The van der Waals surface area contributed by atoms with E-state index in [1.807, 2.05) is 12.1 Å². The van der Waals surface area contributed by atoms with E-state index in [1.54, 1.807) is 20.3 Å². The summed E-state index contributed by atoms with van der Waals surface area (Å²) in [6.07, 6.45) is 3.41. The van der Waals surface area contributed by atoms with E-state index in [9.17, 15) is 8.42 Å². The topological polar surface area (TPSA) is 115 Å². The zero-order valence-electron chi connectivity index (χ0n) is 15.3. The number of rotatable bonds is 10. The third kappa shape index (κ3) is 6.38. The van der Waals surface area contributed by atoms with Crippen molar-refractivity contribution in [1.82, 2.24) is 10.0 Å². The third-order valence-electron chi connectivity index (χ3n) is 4.37. The van der Waals surface area contributed by atoms with Gasteiger partial charge in [0.2, 0.25) is 10.0 Å². The largest absolute Gasteiger partial charge is 0.493 e. The van der Waals surface area contributed by atoms with Gasteiger partial charge in [0.05, 0.1) is 26.5 Å². The molecule has 0 bridgehead atoms. The second-order valence-electron chi connectivity index (χ2n) is 6.28. The van der Waals surface area contributed by atoms with Crippen molar-refractivity contribution in [3.05, 3.63) is 23.8 Å². The van der Waals surface area contributed by atoms with Gasteiger partial charge in [-0.3, -0.25) is 0 Å². The van der Waals surface area contributed by atoms with Gasteiger partial charge in [-0.1, -0.05) is 12.5 Å². The number of benzene rings is 1. The van der Waals surface area contributed by atoms with Crippen molar-refractivity contribution in [2.45, 2.75) is 25.8 Å². The van der Waals surface area contributed by atoms with Gasteiger partial charge in [-0.15, -0.1) is 0 Å². The van der Waals surface area contributed by atoms with Crippen molar-refractivity contribution in [2.75, 3.05) is 33.1 Å². The lowest BCUT2D eigenvalue weighted by molar-refractivity contribution is 0.316. The van der Waals surface area contributed by atoms with Crippen LogP contribution in [0.2, 0.25) is 0 Å². The number of hydrogen-bond donors (Lipinski definition) is 3. The van der Waals surface area contributed by atoms with Crippen LogP contribution in [-0.4, -0.2) is 47.4 Å². The first kappa shape index (κ1) is 20.3. The summed E-state index contributed by atoms with van der Waals surface area (Å²) in [5, 5.41) is 2.83. The maximum atomic E-state index is 11.9. The molecule has 1 aromatic carbocycles. The lowest BCUT2D eigenvalue weighted by atomic mass is 9.86. The quantitative estimate of drug-likeness (QED) is 0.406. The van der Waals surface area contributed by atoms with Crippen molar-refractivity contribution in [3.8, 4) is 11.5 Å². The van der Waals surface area contributed by atoms with Gasteiger partial charge in [0.25, 0.3) is 0 Å². The first-order valence-corrected chi connectivity index (χ1v) is 10.3. The number of methoxy groups -OCH3 is 2. The van der Waals surface area contributed by atoms with E-state index in [-0.39, 0.29) is 18.3 Å². The fourth-order valence-electron chi connectivity index (χ4n) is 2.54. The van der Waals surface area contributed by atoms with Gasteiger partial charge in [0, 0.05) is 13.1 Å². The molecule has 0 saturated heterocycles. The Morgan fingerprint density at radius 2 is 2.00 bits per heavy atom. The van der Waals surface area contributed by atoms with E-state index < -0.39 is 10.0 Å². The SMILES string of the molecule is COc1ccc(CN=C(N)NCCS(=O)(=O)NCC2CCC2)cc1OC. The molecule has 0 unspecified atom stereocenters. The summed E-state index contributed by atoms with van der Waals surface area (Å²) in [6.45, 7) is 1.10. The van der Waals surface area contributed by atoms with Crippen LogP contribution in [0.3, 0.4) is 0 Å². The average molecular weight is 385 g/mol. The van der Waals surface area contributed by atoms with Crippen molar-refractivity contribution < 1.29 is 17.9 Å². The predicted molar refractivity (Wildman–Crippen MR) is 102 cm³/mol. The molecule has 0 atom stereocenters. The molecule has 4 N–H and O–H groups in total. The highest BCUT2D eigenvalue weighted by atomic mass is 32.2. The Morgan fingerprint density at radius 1 is 1.27 bits per heavy atom. The summed E-state index contributed by atoms with van der Waals surface area (Å²) in [5.74, 6) is 1.92. The zero-order valence-corrected chi connectivity index (χ0v) is 16.1. The summed E-state index contributed by atoms with van der Waals surface area (Å²) >= 11 is 0. The van der Waals surface area contributed by atoms with E-state index in [0.717, 1.165) is 18.4 Å². The number of nitrogens with zero attached hydrogens (tertiary/aromatic N) is 1. The number of nitrogens with two attached hydrogens (primary N) is 1. The second-order valence-corrected chi connectivity index (χ2v) is 8.21. The van der Waals surface area contributed by atoms with Gasteiger partial charge in [0.1, 0.15) is 0 Å². The number of nitrogens with one attached hydrogen (secondary N) is 2. The minimum atomic E-state index is -3.29. The molecule has 1 aliphatic rings. The fraction of sp³-hybridized carbons (Fsp3) is 0.588. The summed E-state index contributed by atoms with van der Waals surface area (Å²) in [7, 11) is -0.140. The van der Waals surface area contributed by atoms with Crippen LogP contribution in [0.1, 0.15) is 24.8 Å². The Balaban J connectivity index is 1.75. The smallest absolute Gasteiger partial charge is 0.213 e. The average Bonchev–Trinajstić information content (AvgIpc) is 2.58.